The average molecular weight is 413 g/mol. The largest absolute Gasteiger partial charge is 0.293 e. The summed E-state index contributed by atoms with van der Waals surface area (Å²) in [6.45, 7) is 0.489. The lowest BCUT2D eigenvalue weighted by molar-refractivity contribution is 0.102. The number of Topliss-reactive ketones (excluding diaryl/α,β-unsaturated/α-hetero) is 1. The maximum Gasteiger partial charge on any atom is 0.232 e. The van der Waals surface area contributed by atoms with E-state index in [4.69, 9.17) is 0 Å². The van der Waals surface area contributed by atoms with Gasteiger partial charge in [-0.25, -0.2) is 13.4 Å². The van der Waals surface area contributed by atoms with Crippen LogP contribution in [-0.2, 0) is 16.4 Å². The molecule has 0 saturated carbocycles. The van der Waals surface area contributed by atoms with Gasteiger partial charge in [-0.05, 0) is 48.7 Å². The topological polar surface area (TPSA) is 67.3 Å². The van der Waals surface area contributed by atoms with Crippen LogP contribution in [0.3, 0.4) is 0 Å². The molecule has 0 N–H and O–H groups in total. The molecule has 1 aromatic heterocycles. The van der Waals surface area contributed by atoms with Crippen molar-refractivity contribution in [3.8, 4) is 0 Å². The standard InChI is InChI=1S/C21H20N2O3S2/c1-28(25,26)23-12-4-6-16-13-17(8-10-19(16)23)20(24)14-27-21-11-9-15-5-2-3-7-18(15)22-21/h2-3,5,7-11,13H,4,6,12,14H2,1H3. The van der Waals surface area contributed by atoms with Gasteiger partial charge >= 0.3 is 0 Å². The minimum absolute atomic E-state index is 0.0132. The highest BCUT2D eigenvalue weighted by Gasteiger charge is 2.24. The fourth-order valence-corrected chi connectivity index (χ4v) is 5.20. The first-order valence-electron chi connectivity index (χ1n) is 9.04. The van der Waals surface area contributed by atoms with E-state index in [1.807, 2.05) is 42.5 Å². The van der Waals surface area contributed by atoms with Gasteiger partial charge in [0.2, 0.25) is 10.0 Å². The molecule has 0 aliphatic carbocycles. The normalized spacial score (nSPS) is 14.1. The van der Waals surface area contributed by atoms with Crippen LogP contribution in [0, 0.1) is 0 Å². The Morgan fingerprint density at radius 3 is 2.79 bits per heavy atom. The molecule has 1 aliphatic rings. The number of anilines is 1. The third kappa shape index (κ3) is 3.91. The summed E-state index contributed by atoms with van der Waals surface area (Å²) < 4.78 is 25.4. The number of pyridine rings is 1. The first kappa shape index (κ1) is 19.0. The van der Waals surface area contributed by atoms with Crippen LogP contribution >= 0.6 is 11.8 Å². The van der Waals surface area contributed by atoms with Crippen LogP contribution in [0.4, 0.5) is 5.69 Å². The molecule has 0 amide bonds. The van der Waals surface area contributed by atoms with E-state index < -0.39 is 10.0 Å². The lowest BCUT2D eigenvalue weighted by Gasteiger charge is -2.29. The van der Waals surface area contributed by atoms with Gasteiger partial charge in [-0.1, -0.05) is 36.0 Å². The van der Waals surface area contributed by atoms with E-state index in [1.165, 1.54) is 22.3 Å². The van der Waals surface area contributed by atoms with Gasteiger partial charge in [-0.2, -0.15) is 0 Å². The molecule has 5 nitrogen and oxygen atoms in total. The molecule has 2 aromatic carbocycles. The van der Waals surface area contributed by atoms with E-state index in [0.29, 0.717) is 23.5 Å². The van der Waals surface area contributed by atoms with E-state index in [-0.39, 0.29) is 5.78 Å². The summed E-state index contributed by atoms with van der Waals surface area (Å²) in [5, 5.41) is 1.89. The Kier molecular flexibility index (Phi) is 5.12. The second-order valence-corrected chi connectivity index (χ2v) is 9.74. The number of sulfonamides is 1. The number of aromatic nitrogens is 1. The van der Waals surface area contributed by atoms with Crippen molar-refractivity contribution >= 4 is 44.2 Å². The third-order valence-electron chi connectivity index (χ3n) is 4.80. The summed E-state index contributed by atoms with van der Waals surface area (Å²) in [7, 11) is -3.30. The van der Waals surface area contributed by atoms with Crippen molar-refractivity contribution in [2.75, 3.05) is 22.9 Å². The van der Waals surface area contributed by atoms with E-state index in [1.54, 1.807) is 12.1 Å². The molecule has 0 fully saturated rings. The van der Waals surface area contributed by atoms with Gasteiger partial charge in [-0.3, -0.25) is 9.10 Å². The molecular weight excluding hydrogens is 392 g/mol. The third-order valence-corrected chi connectivity index (χ3v) is 6.91. The number of nitrogens with zero attached hydrogens (tertiary/aromatic N) is 2. The number of fused-ring (bicyclic) bond motifs is 2. The minimum atomic E-state index is -3.30. The summed E-state index contributed by atoms with van der Waals surface area (Å²) in [4.78, 5) is 17.3. The Hall–Kier alpha value is -2.38. The number of carbonyl (C=O) groups excluding carboxylic acids is 1. The molecule has 28 heavy (non-hydrogen) atoms. The fourth-order valence-electron chi connectivity index (χ4n) is 3.43. The predicted octanol–water partition coefficient (Wildman–Crippen LogP) is 3.92. The summed E-state index contributed by atoms with van der Waals surface area (Å²) in [6, 6.07) is 17.1. The minimum Gasteiger partial charge on any atom is -0.293 e. The van der Waals surface area contributed by atoms with Gasteiger partial charge < -0.3 is 0 Å². The Morgan fingerprint density at radius 2 is 1.96 bits per heavy atom. The number of ketones is 1. The highest BCUT2D eigenvalue weighted by molar-refractivity contribution is 7.99. The number of aryl methyl sites for hydroxylation is 1. The molecule has 1 aliphatic heterocycles. The van der Waals surface area contributed by atoms with Crippen LogP contribution in [0.1, 0.15) is 22.3 Å². The highest BCUT2D eigenvalue weighted by Crippen LogP contribution is 2.30. The smallest absolute Gasteiger partial charge is 0.232 e. The van der Waals surface area contributed by atoms with Crippen LogP contribution in [-0.4, -0.2) is 37.7 Å². The van der Waals surface area contributed by atoms with E-state index in [9.17, 15) is 13.2 Å². The van der Waals surface area contributed by atoms with Crippen LogP contribution in [0.15, 0.2) is 59.6 Å². The molecule has 0 bridgehead atoms. The molecule has 4 rings (SSSR count). The van der Waals surface area contributed by atoms with Crippen molar-refractivity contribution in [3.63, 3.8) is 0 Å². The average Bonchev–Trinajstić information content (AvgIpc) is 2.70. The van der Waals surface area contributed by atoms with Gasteiger partial charge in [0.25, 0.3) is 0 Å². The highest BCUT2D eigenvalue weighted by atomic mass is 32.2. The predicted molar refractivity (Wildman–Crippen MR) is 114 cm³/mol. The quantitative estimate of drug-likeness (QED) is 0.469. The SMILES string of the molecule is CS(=O)(=O)N1CCCc2cc(C(=O)CSc3ccc4ccccc4n3)ccc21. The molecule has 0 spiro atoms. The van der Waals surface area contributed by atoms with E-state index in [0.717, 1.165) is 34.3 Å². The zero-order valence-electron chi connectivity index (χ0n) is 15.5. The number of rotatable bonds is 5. The lowest BCUT2D eigenvalue weighted by atomic mass is 9.99. The first-order valence-corrected chi connectivity index (χ1v) is 11.9. The molecule has 2 heterocycles. The lowest BCUT2D eigenvalue weighted by Crippen LogP contribution is -2.34. The number of hydrogen-bond donors (Lipinski definition) is 0. The maximum atomic E-state index is 12.7. The van der Waals surface area contributed by atoms with Crippen molar-refractivity contribution in [2.45, 2.75) is 17.9 Å². The van der Waals surface area contributed by atoms with Crippen molar-refractivity contribution < 1.29 is 13.2 Å². The molecule has 0 radical (unpaired) electrons. The molecule has 0 atom stereocenters. The van der Waals surface area contributed by atoms with Crippen molar-refractivity contribution in [1.82, 2.24) is 4.98 Å². The number of para-hydroxylation sites is 1. The number of carbonyl (C=O) groups is 1. The van der Waals surface area contributed by atoms with Gasteiger partial charge in [0.05, 0.1) is 28.2 Å². The van der Waals surface area contributed by atoms with Crippen LogP contribution in [0.2, 0.25) is 0 Å². The molecule has 144 valence electrons. The summed E-state index contributed by atoms with van der Waals surface area (Å²) >= 11 is 1.41. The van der Waals surface area contributed by atoms with Gasteiger partial charge in [0.15, 0.2) is 5.78 Å². The van der Waals surface area contributed by atoms with Gasteiger partial charge in [0, 0.05) is 17.5 Å². The molecular formula is C21H20N2O3S2. The second kappa shape index (κ2) is 7.56. The van der Waals surface area contributed by atoms with Gasteiger partial charge in [-0.15, -0.1) is 0 Å². The zero-order chi connectivity index (χ0) is 19.7. The monoisotopic (exact) mass is 412 g/mol. The summed E-state index contributed by atoms with van der Waals surface area (Å²) in [5.41, 5.74) is 3.13. The maximum absolute atomic E-state index is 12.7. The molecule has 0 saturated heterocycles. The van der Waals surface area contributed by atoms with Crippen LogP contribution < -0.4 is 4.31 Å². The van der Waals surface area contributed by atoms with Crippen molar-refractivity contribution in [1.29, 1.82) is 0 Å². The Morgan fingerprint density at radius 1 is 1.14 bits per heavy atom. The van der Waals surface area contributed by atoms with E-state index >= 15 is 0 Å². The second-order valence-electron chi connectivity index (χ2n) is 6.84. The number of thioether (sulfide) groups is 1. The first-order chi connectivity index (χ1) is 13.4. The van der Waals surface area contributed by atoms with E-state index in [2.05, 4.69) is 4.98 Å². The number of benzene rings is 2. The Balaban J connectivity index is 1.50. The Bertz CT molecular complexity index is 1160. The van der Waals surface area contributed by atoms with Gasteiger partial charge in [0.1, 0.15) is 0 Å². The molecule has 3 aromatic rings. The number of hydrogen-bond acceptors (Lipinski definition) is 5. The zero-order valence-corrected chi connectivity index (χ0v) is 17.1. The summed E-state index contributed by atoms with van der Waals surface area (Å²) in [6.07, 6.45) is 2.75. The molecule has 7 heteroatoms. The van der Waals surface area contributed by atoms with Crippen LogP contribution in [0.25, 0.3) is 10.9 Å². The molecule has 0 unspecified atom stereocenters. The van der Waals surface area contributed by atoms with Crippen LogP contribution in [0.5, 0.6) is 0 Å². The Labute approximate surface area is 168 Å². The fraction of sp³-hybridized carbons (Fsp3) is 0.238. The van der Waals surface area contributed by atoms with Crippen molar-refractivity contribution in [2.24, 2.45) is 0 Å². The summed E-state index contributed by atoms with van der Waals surface area (Å²) in [5.74, 6) is 0.305. The van der Waals surface area contributed by atoms with Crippen molar-refractivity contribution in [3.05, 3.63) is 65.7 Å².